The van der Waals surface area contributed by atoms with Crippen molar-refractivity contribution in [3.8, 4) is 5.75 Å². The molecular weight excluding hydrogens is 376 g/mol. The Balaban J connectivity index is 1.56. The van der Waals surface area contributed by atoms with Crippen LogP contribution < -0.4 is 4.74 Å². The van der Waals surface area contributed by atoms with Gasteiger partial charge in [0.1, 0.15) is 17.7 Å². The summed E-state index contributed by atoms with van der Waals surface area (Å²) in [4.78, 5) is 14.0. The van der Waals surface area contributed by atoms with Gasteiger partial charge in [-0.25, -0.2) is 14.5 Å². The fourth-order valence-corrected chi connectivity index (χ4v) is 3.82. The highest BCUT2D eigenvalue weighted by Gasteiger charge is 2.18. The largest absolute Gasteiger partial charge is 0.497 e. The molecule has 0 bridgehead atoms. The first-order valence-electron chi connectivity index (χ1n) is 9.86. The van der Waals surface area contributed by atoms with E-state index in [2.05, 4.69) is 28.5 Å². The molecule has 0 unspecified atom stereocenters. The van der Waals surface area contributed by atoms with Crippen LogP contribution in [0, 0.1) is 13.8 Å². The number of ether oxygens (including phenoxy) is 1. The number of hydrogen-bond acceptors (Lipinski definition) is 5. The molecule has 4 heterocycles. The van der Waals surface area contributed by atoms with Gasteiger partial charge in [0, 0.05) is 18.3 Å². The number of aryl methyl sites for hydroxylation is 1. The fraction of sp³-hybridized carbons (Fsp3) is 0.217. The van der Waals surface area contributed by atoms with Crippen molar-refractivity contribution in [2.75, 3.05) is 7.11 Å². The van der Waals surface area contributed by atoms with Gasteiger partial charge in [0.25, 0.3) is 0 Å². The lowest BCUT2D eigenvalue weighted by atomic mass is 10.1. The molecule has 0 spiro atoms. The van der Waals surface area contributed by atoms with Crippen molar-refractivity contribution in [2.45, 2.75) is 26.8 Å². The summed E-state index contributed by atoms with van der Waals surface area (Å²) in [7, 11) is 1.67. The van der Waals surface area contributed by atoms with Crippen molar-refractivity contribution < 1.29 is 4.74 Å². The number of fused-ring (bicyclic) bond motifs is 3. The molecule has 0 amide bonds. The number of rotatable bonds is 5. The Bertz CT molecular complexity index is 1340. The number of nitrogens with zero attached hydrogens (tertiary/aromatic N) is 6. The average molecular weight is 398 g/mol. The van der Waals surface area contributed by atoms with Gasteiger partial charge < -0.3 is 9.30 Å². The smallest absolute Gasteiger partial charge is 0.168 e. The van der Waals surface area contributed by atoms with Crippen LogP contribution in [-0.2, 0) is 13.0 Å². The van der Waals surface area contributed by atoms with Gasteiger partial charge in [-0.2, -0.15) is 0 Å². The molecular formula is C23H22N6O. The zero-order chi connectivity index (χ0) is 20.7. The minimum absolute atomic E-state index is 0.653. The van der Waals surface area contributed by atoms with Gasteiger partial charge in [0.15, 0.2) is 11.5 Å². The van der Waals surface area contributed by atoms with E-state index < -0.39 is 0 Å². The Hall–Kier alpha value is -3.74. The number of benzene rings is 1. The second-order valence-electron chi connectivity index (χ2n) is 7.38. The highest BCUT2D eigenvalue weighted by molar-refractivity contribution is 5.93. The van der Waals surface area contributed by atoms with Gasteiger partial charge >= 0.3 is 0 Å². The Morgan fingerprint density at radius 2 is 1.80 bits per heavy atom. The third-order valence-corrected chi connectivity index (χ3v) is 5.56. The van der Waals surface area contributed by atoms with E-state index in [1.54, 1.807) is 18.0 Å². The van der Waals surface area contributed by atoms with Gasteiger partial charge in [0.2, 0.25) is 0 Å². The summed E-state index contributed by atoms with van der Waals surface area (Å²) in [5.41, 5.74) is 6.21. The average Bonchev–Trinajstić information content (AvgIpc) is 3.29. The molecule has 7 nitrogen and oxygen atoms in total. The highest BCUT2D eigenvalue weighted by atomic mass is 16.5. The first-order chi connectivity index (χ1) is 14.6. The zero-order valence-corrected chi connectivity index (χ0v) is 17.2. The summed E-state index contributed by atoms with van der Waals surface area (Å²) in [6.45, 7) is 4.91. The Morgan fingerprint density at radius 1 is 0.967 bits per heavy atom. The lowest BCUT2D eigenvalue weighted by molar-refractivity contribution is 0.414. The van der Waals surface area contributed by atoms with Crippen molar-refractivity contribution in [3.05, 3.63) is 83.3 Å². The molecule has 0 atom stereocenters. The van der Waals surface area contributed by atoms with E-state index in [0.29, 0.717) is 13.0 Å². The van der Waals surface area contributed by atoms with Crippen LogP contribution in [0.25, 0.3) is 16.7 Å². The molecule has 0 fully saturated rings. The van der Waals surface area contributed by atoms with E-state index in [1.807, 2.05) is 48.7 Å². The topological polar surface area (TPSA) is 70.1 Å². The summed E-state index contributed by atoms with van der Waals surface area (Å²) in [6.07, 6.45) is 4.22. The van der Waals surface area contributed by atoms with E-state index >= 15 is 0 Å². The van der Waals surface area contributed by atoms with Crippen LogP contribution in [0.2, 0.25) is 0 Å². The maximum absolute atomic E-state index is 5.23. The van der Waals surface area contributed by atoms with Crippen LogP contribution in [0.5, 0.6) is 5.75 Å². The first-order valence-corrected chi connectivity index (χ1v) is 9.86. The molecule has 4 aromatic heterocycles. The molecule has 0 radical (unpaired) electrons. The Labute approximate surface area is 174 Å². The maximum atomic E-state index is 5.23. The van der Waals surface area contributed by atoms with Crippen molar-refractivity contribution >= 4 is 16.7 Å². The van der Waals surface area contributed by atoms with Crippen LogP contribution >= 0.6 is 0 Å². The molecule has 0 aliphatic heterocycles. The van der Waals surface area contributed by atoms with E-state index in [-0.39, 0.29) is 0 Å². The molecule has 0 N–H and O–H groups in total. The number of aromatic nitrogens is 6. The van der Waals surface area contributed by atoms with Gasteiger partial charge in [0.05, 0.1) is 24.7 Å². The molecule has 5 aromatic rings. The third kappa shape index (κ3) is 3.08. The van der Waals surface area contributed by atoms with Crippen LogP contribution in [0.3, 0.4) is 0 Å². The molecule has 0 aliphatic rings. The first kappa shape index (κ1) is 18.3. The van der Waals surface area contributed by atoms with Crippen molar-refractivity contribution in [1.82, 2.24) is 29.1 Å². The van der Waals surface area contributed by atoms with E-state index in [9.17, 15) is 0 Å². The zero-order valence-electron chi connectivity index (χ0n) is 17.2. The van der Waals surface area contributed by atoms with Crippen LogP contribution in [0.4, 0.5) is 0 Å². The second kappa shape index (κ2) is 7.26. The second-order valence-corrected chi connectivity index (χ2v) is 7.38. The number of methoxy groups -OCH3 is 1. The SMILES string of the molecule is COc1ccc(Cc2nc3c4c(C)c(C)n(Cc5ccccn5)c4ncn3n2)cc1. The standard InChI is InChI=1S/C23H22N6O/c1-15-16(2)28(13-18-6-4-5-11-24-18)22-21(15)23-26-20(27-29(23)14-25-22)12-17-7-9-19(30-3)10-8-17/h4-11,14H,12-13H2,1-3H3. The molecule has 30 heavy (non-hydrogen) atoms. The molecule has 0 saturated heterocycles. The molecule has 0 aliphatic carbocycles. The summed E-state index contributed by atoms with van der Waals surface area (Å²) < 4.78 is 9.21. The molecule has 150 valence electrons. The predicted octanol–water partition coefficient (Wildman–Crippen LogP) is 3.74. The minimum Gasteiger partial charge on any atom is -0.497 e. The fourth-order valence-electron chi connectivity index (χ4n) is 3.82. The normalized spacial score (nSPS) is 11.4. The van der Waals surface area contributed by atoms with Gasteiger partial charge in [-0.05, 0) is 49.2 Å². The molecule has 1 aromatic carbocycles. The summed E-state index contributed by atoms with van der Waals surface area (Å²) in [6, 6.07) is 14.0. The van der Waals surface area contributed by atoms with Crippen LogP contribution in [0.15, 0.2) is 55.0 Å². The third-order valence-electron chi connectivity index (χ3n) is 5.56. The Morgan fingerprint density at radius 3 is 2.53 bits per heavy atom. The highest BCUT2D eigenvalue weighted by Crippen LogP contribution is 2.27. The molecule has 7 heteroatoms. The lowest BCUT2D eigenvalue weighted by Crippen LogP contribution is -2.04. The number of pyridine rings is 1. The summed E-state index contributed by atoms with van der Waals surface area (Å²) in [5, 5.41) is 5.70. The monoisotopic (exact) mass is 398 g/mol. The van der Waals surface area contributed by atoms with Crippen molar-refractivity contribution in [2.24, 2.45) is 0 Å². The van der Waals surface area contributed by atoms with Crippen LogP contribution in [-0.4, -0.2) is 36.2 Å². The van der Waals surface area contributed by atoms with Crippen molar-refractivity contribution in [1.29, 1.82) is 0 Å². The predicted molar refractivity (Wildman–Crippen MR) is 115 cm³/mol. The molecule has 0 saturated carbocycles. The van der Waals surface area contributed by atoms with E-state index in [1.165, 1.54) is 5.56 Å². The summed E-state index contributed by atoms with van der Waals surface area (Å²) in [5.74, 6) is 1.61. The van der Waals surface area contributed by atoms with E-state index in [0.717, 1.165) is 45.2 Å². The minimum atomic E-state index is 0.653. The van der Waals surface area contributed by atoms with E-state index in [4.69, 9.17) is 14.7 Å². The summed E-state index contributed by atoms with van der Waals surface area (Å²) >= 11 is 0. The number of hydrogen-bond donors (Lipinski definition) is 0. The molecule has 5 rings (SSSR count). The lowest BCUT2D eigenvalue weighted by Gasteiger charge is -2.07. The Kier molecular flexibility index (Phi) is 4.43. The maximum Gasteiger partial charge on any atom is 0.168 e. The van der Waals surface area contributed by atoms with Crippen molar-refractivity contribution in [3.63, 3.8) is 0 Å². The quantitative estimate of drug-likeness (QED) is 0.451. The van der Waals surface area contributed by atoms with Gasteiger partial charge in [-0.1, -0.05) is 18.2 Å². The van der Waals surface area contributed by atoms with Gasteiger partial charge in [-0.15, -0.1) is 5.10 Å². The van der Waals surface area contributed by atoms with Gasteiger partial charge in [-0.3, -0.25) is 4.98 Å². The van der Waals surface area contributed by atoms with Crippen LogP contribution in [0.1, 0.15) is 28.3 Å².